The predicted octanol–water partition coefficient (Wildman–Crippen LogP) is 2.89. The summed E-state index contributed by atoms with van der Waals surface area (Å²) in [5, 5.41) is 2.74. The van der Waals surface area contributed by atoms with Gasteiger partial charge in [0.05, 0.1) is 0 Å². The van der Waals surface area contributed by atoms with Crippen LogP contribution in [0.1, 0.15) is 19.4 Å². The van der Waals surface area contributed by atoms with Gasteiger partial charge in [-0.3, -0.25) is 5.32 Å². The standard InChI is InChI=1S/C14H22N2O2/c1-4-16(5-2)10-11-18-14(17)15-13-9-7-6-8-12(13)3/h6-9H,4-5,10-11H2,1-3H3,(H,15,17). The quantitative estimate of drug-likeness (QED) is 0.844. The minimum Gasteiger partial charge on any atom is -0.448 e. The van der Waals surface area contributed by atoms with Gasteiger partial charge in [0.1, 0.15) is 6.61 Å². The summed E-state index contributed by atoms with van der Waals surface area (Å²) in [4.78, 5) is 13.8. The first-order valence-corrected chi connectivity index (χ1v) is 6.39. The van der Waals surface area contributed by atoms with Crippen molar-refractivity contribution >= 4 is 11.8 Å². The van der Waals surface area contributed by atoms with E-state index in [1.54, 1.807) is 0 Å². The van der Waals surface area contributed by atoms with E-state index in [0.717, 1.165) is 30.9 Å². The van der Waals surface area contributed by atoms with Crippen LogP contribution in [0.15, 0.2) is 24.3 Å². The highest BCUT2D eigenvalue weighted by molar-refractivity contribution is 5.85. The Morgan fingerprint density at radius 3 is 2.56 bits per heavy atom. The molecule has 0 atom stereocenters. The number of hydrogen-bond donors (Lipinski definition) is 1. The summed E-state index contributed by atoms with van der Waals surface area (Å²) in [6.07, 6.45) is -0.392. The van der Waals surface area contributed by atoms with Crippen molar-refractivity contribution in [3.05, 3.63) is 29.8 Å². The van der Waals surface area contributed by atoms with Crippen LogP contribution >= 0.6 is 0 Å². The van der Waals surface area contributed by atoms with E-state index in [-0.39, 0.29) is 0 Å². The van der Waals surface area contributed by atoms with Crippen molar-refractivity contribution in [2.45, 2.75) is 20.8 Å². The molecule has 0 aliphatic heterocycles. The fraction of sp³-hybridized carbons (Fsp3) is 0.500. The molecule has 0 unspecified atom stereocenters. The number of hydrogen-bond acceptors (Lipinski definition) is 3. The van der Waals surface area contributed by atoms with E-state index in [0.29, 0.717) is 6.61 Å². The number of nitrogens with zero attached hydrogens (tertiary/aromatic N) is 1. The molecule has 0 bridgehead atoms. The maximum atomic E-state index is 11.6. The van der Waals surface area contributed by atoms with Crippen molar-refractivity contribution < 1.29 is 9.53 Å². The molecule has 1 amide bonds. The number of rotatable bonds is 6. The van der Waals surface area contributed by atoms with Crippen molar-refractivity contribution in [1.29, 1.82) is 0 Å². The number of carbonyl (C=O) groups excluding carboxylic acids is 1. The van der Waals surface area contributed by atoms with Crippen molar-refractivity contribution in [2.75, 3.05) is 31.6 Å². The molecule has 1 rings (SSSR count). The normalized spacial score (nSPS) is 10.4. The third-order valence-corrected chi connectivity index (χ3v) is 2.92. The van der Waals surface area contributed by atoms with Crippen molar-refractivity contribution in [2.24, 2.45) is 0 Å². The number of benzene rings is 1. The highest BCUT2D eigenvalue weighted by atomic mass is 16.5. The molecule has 1 aromatic carbocycles. The highest BCUT2D eigenvalue weighted by Crippen LogP contribution is 2.13. The van der Waals surface area contributed by atoms with Crippen LogP contribution in [0.4, 0.5) is 10.5 Å². The van der Waals surface area contributed by atoms with Crippen molar-refractivity contribution in [1.82, 2.24) is 4.90 Å². The summed E-state index contributed by atoms with van der Waals surface area (Å²) in [6, 6.07) is 7.64. The monoisotopic (exact) mass is 250 g/mol. The zero-order valence-electron chi connectivity index (χ0n) is 11.4. The van der Waals surface area contributed by atoms with E-state index in [9.17, 15) is 4.79 Å². The van der Waals surface area contributed by atoms with Gasteiger partial charge in [0.2, 0.25) is 0 Å². The van der Waals surface area contributed by atoms with Crippen LogP contribution in [-0.4, -0.2) is 37.2 Å². The SMILES string of the molecule is CCN(CC)CCOC(=O)Nc1ccccc1C. The summed E-state index contributed by atoms with van der Waals surface area (Å²) in [6.45, 7) is 9.27. The molecule has 100 valence electrons. The molecule has 4 heteroatoms. The number of anilines is 1. The average Bonchev–Trinajstić information content (AvgIpc) is 2.37. The van der Waals surface area contributed by atoms with Crippen LogP contribution < -0.4 is 5.32 Å². The second-order valence-corrected chi connectivity index (χ2v) is 4.10. The van der Waals surface area contributed by atoms with E-state index in [2.05, 4.69) is 24.1 Å². The van der Waals surface area contributed by atoms with E-state index in [1.807, 2.05) is 31.2 Å². The fourth-order valence-corrected chi connectivity index (χ4v) is 1.67. The first-order valence-electron chi connectivity index (χ1n) is 6.39. The summed E-state index contributed by atoms with van der Waals surface area (Å²) in [7, 11) is 0. The molecule has 0 heterocycles. The Morgan fingerprint density at radius 1 is 1.28 bits per heavy atom. The Bertz CT molecular complexity index is 376. The van der Waals surface area contributed by atoms with Gasteiger partial charge >= 0.3 is 6.09 Å². The number of ether oxygens (including phenoxy) is 1. The second-order valence-electron chi connectivity index (χ2n) is 4.10. The molecule has 1 N–H and O–H groups in total. The van der Waals surface area contributed by atoms with Crippen LogP contribution in [0, 0.1) is 6.92 Å². The molecule has 0 spiro atoms. The van der Waals surface area contributed by atoms with E-state index in [4.69, 9.17) is 4.74 Å². The molecular formula is C14H22N2O2. The van der Waals surface area contributed by atoms with Gasteiger partial charge in [-0.2, -0.15) is 0 Å². The Labute approximate surface area is 109 Å². The Hall–Kier alpha value is -1.55. The fourth-order valence-electron chi connectivity index (χ4n) is 1.67. The van der Waals surface area contributed by atoms with Crippen LogP contribution in [-0.2, 0) is 4.74 Å². The maximum absolute atomic E-state index is 11.6. The summed E-state index contributed by atoms with van der Waals surface area (Å²) in [5.41, 5.74) is 1.82. The first kappa shape index (κ1) is 14.5. The molecule has 0 aliphatic carbocycles. The van der Waals surface area contributed by atoms with Gasteiger partial charge in [0, 0.05) is 12.2 Å². The minimum atomic E-state index is -0.392. The van der Waals surface area contributed by atoms with Crippen LogP contribution in [0.25, 0.3) is 0 Å². The second kappa shape index (κ2) is 7.71. The lowest BCUT2D eigenvalue weighted by Crippen LogP contribution is -2.28. The van der Waals surface area contributed by atoms with Crippen molar-refractivity contribution in [3.63, 3.8) is 0 Å². The van der Waals surface area contributed by atoms with E-state index < -0.39 is 6.09 Å². The highest BCUT2D eigenvalue weighted by Gasteiger charge is 2.06. The largest absolute Gasteiger partial charge is 0.448 e. The molecule has 18 heavy (non-hydrogen) atoms. The molecule has 0 saturated heterocycles. The third-order valence-electron chi connectivity index (χ3n) is 2.92. The van der Waals surface area contributed by atoms with Crippen LogP contribution in [0.3, 0.4) is 0 Å². The van der Waals surface area contributed by atoms with Gasteiger partial charge in [-0.1, -0.05) is 32.0 Å². The molecule has 0 radical (unpaired) electrons. The molecule has 0 aromatic heterocycles. The lowest BCUT2D eigenvalue weighted by atomic mass is 10.2. The maximum Gasteiger partial charge on any atom is 0.411 e. The lowest BCUT2D eigenvalue weighted by Gasteiger charge is -2.17. The van der Waals surface area contributed by atoms with Crippen LogP contribution in [0.5, 0.6) is 0 Å². The van der Waals surface area contributed by atoms with Crippen molar-refractivity contribution in [3.8, 4) is 0 Å². The number of nitrogens with one attached hydrogen (secondary N) is 1. The summed E-state index contributed by atoms with van der Waals surface area (Å²) >= 11 is 0. The van der Waals surface area contributed by atoms with Gasteiger partial charge in [0.15, 0.2) is 0 Å². The zero-order valence-corrected chi connectivity index (χ0v) is 11.4. The van der Waals surface area contributed by atoms with Gasteiger partial charge in [-0.25, -0.2) is 4.79 Å². The topological polar surface area (TPSA) is 41.6 Å². The minimum absolute atomic E-state index is 0.392. The van der Waals surface area contributed by atoms with E-state index in [1.165, 1.54) is 0 Å². The Kier molecular flexibility index (Phi) is 6.22. The number of para-hydroxylation sites is 1. The zero-order chi connectivity index (χ0) is 13.4. The molecule has 1 aromatic rings. The summed E-state index contributed by atoms with van der Waals surface area (Å²) < 4.78 is 5.14. The van der Waals surface area contributed by atoms with Crippen LogP contribution in [0.2, 0.25) is 0 Å². The molecular weight excluding hydrogens is 228 g/mol. The molecule has 4 nitrogen and oxygen atoms in total. The average molecular weight is 250 g/mol. The molecule has 0 fully saturated rings. The van der Waals surface area contributed by atoms with E-state index >= 15 is 0 Å². The van der Waals surface area contributed by atoms with Gasteiger partial charge in [0.25, 0.3) is 0 Å². The first-order chi connectivity index (χ1) is 8.67. The Morgan fingerprint density at radius 2 is 1.94 bits per heavy atom. The van der Waals surface area contributed by atoms with Gasteiger partial charge in [-0.05, 0) is 31.6 Å². The van der Waals surface area contributed by atoms with Gasteiger partial charge < -0.3 is 9.64 Å². The number of carbonyl (C=O) groups is 1. The lowest BCUT2D eigenvalue weighted by molar-refractivity contribution is 0.142. The Balaban J connectivity index is 2.32. The molecule has 0 aliphatic rings. The number of amides is 1. The summed E-state index contributed by atoms with van der Waals surface area (Å²) in [5.74, 6) is 0. The number of aryl methyl sites for hydroxylation is 1. The van der Waals surface area contributed by atoms with Gasteiger partial charge in [-0.15, -0.1) is 0 Å². The predicted molar refractivity (Wildman–Crippen MR) is 73.9 cm³/mol. The number of likely N-dealkylation sites (N-methyl/N-ethyl adjacent to an activating group) is 1. The smallest absolute Gasteiger partial charge is 0.411 e. The molecule has 0 saturated carbocycles. The third kappa shape index (κ3) is 4.75.